The summed E-state index contributed by atoms with van der Waals surface area (Å²) in [6, 6.07) is 7.31. The van der Waals surface area contributed by atoms with Gasteiger partial charge >= 0.3 is 5.97 Å². The molecule has 0 bridgehead atoms. The summed E-state index contributed by atoms with van der Waals surface area (Å²) in [6.07, 6.45) is 1.63. The van der Waals surface area contributed by atoms with E-state index in [2.05, 4.69) is 14.9 Å². The fraction of sp³-hybridized carbons (Fsp3) is 0.400. The summed E-state index contributed by atoms with van der Waals surface area (Å²) >= 11 is 0. The van der Waals surface area contributed by atoms with E-state index < -0.39 is 0 Å². The van der Waals surface area contributed by atoms with Crippen LogP contribution >= 0.6 is 0 Å². The number of fused-ring (bicyclic) bond motifs is 1. The van der Waals surface area contributed by atoms with Gasteiger partial charge in [-0.05, 0) is 18.9 Å². The van der Waals surface area contributed by atoms with Crippen molar-refractivity contribution in [3.63, 3.8) is 0 Å². The normalized spacial score (nSPS) is 9.75. The first kappa shape index (κ1) is 15.9. The number of nitrogens with one attached hydrogen (secondary N) is 1. The monoisotopic (exact) mass is 276 g/mol. The van der Waals surface area contributed by atoms with Crippen LogP contribution in [0.25, 0.3) is 10.8 Å². The molecule has 20 heavy (non-hydrogen) atoms. The van der Waals surface area contributed by atoms with Crippen molar-refractivity contribution in [1.29, 1.82) is 0 Å². The number of aryl methyl sites for hydroxylation is 1. The van der Waals surface area contributed by atoms with Crippen molar-refractivity contribution in [3.8, 4) is 0 Å². The molecule has 1 aromatic carbocycles. The largest absolute Gasteiger partial charge is 0.469 e. The Labute approximate surface area is 118 Å². The van der Waals surface area contributed by atoms with Gasteiger partial charge in [0.05, 0.1) is 18.2 Å². The summed E-state index contributed by atoms with van der Waals surface area (Å²) in [7, 11) is 1.37. The quantitative estimate of drug-likeness (QED) is 0.871. The summed E-state index contributed by atoms with van der Waals surface area (Å²) < 4.78 is 4.58. The van der Waals surface area contributed by atoms with Crippen molar-refractivity contribution in [3.05, 3.63) is 40.3 Å². The number of aromatic amines is 1. The van der Waals surface area contributed by atoms with Gasteiger partial charge in [-0.2, -0.15) is 5.10 Å². The lowest BCUT2D eigenvalue weighted by atomic mass is 10.1. The molecule has 0 unspecified atom stereocenters. The molecule has 1 N–H and O–H groups in total. The maximum atomic E-state index is 11.6. The summed E-state index contributed by atoms with van der Waals surface area (Å²) in [4.78, 5) is 22.6. The molecule has 0 radical (unpaired) electrons. The molecule has 1 aromatic heterocycles. The minimum atomic E-state index is -0.233. The second kappa shape index (κ2) is 8.09. The zero-order valence-corrected chi connectivity index (χ0v) is 12.1. The Kier molecular flexibility index (Phi) is 6.43. The van der Waals surface area contributed by atoms with Crippen molar-refractivity contribution in [2.75, 3.05) is 7.11 Å². The highest BCUT2D eigenvalue weighted by molar-refractivity contribution is 5.83. The van der Waals surface area contributed by atoms with Gasteiger partial charge in [-0.1, -0.05) is 32.0 Å². The van der Waals surface area contributed by atoms with Gasteiger partial charge in [0.25, 0.3) is 5.56 Å². The Bertz CT molecular complexity index is 620. The molecule has 0 atom stereocenters. The maximum Gasteiger partial charge on any atom is 0.305 e. The van der Waals surface area contributed by atoms with Crippen LogP contribution in [0.1, 0.15) is 32.4 Å². The van der Waals surface area contributed by atoms with Gasteiger partial charge < -0.3 is 4.74 Å². The van der Waals surface area contributed by atoms with Crippen LogP contribution in [0, 0.1) is 0 Å². The molecule has 0 aliphatic rings. The predicted molar refractivity (Wildman–Crippen MR) is 78.7 cm³/mol. The SMILES string of the molecule is CC.COC(=O)CCCc1n[nH]c(=O)c2ccccc12. The maximum absolute atomic E-state index is 11.6. The van der Waals surface area contributed by atoms with Crippen LogP contribution < -0.4 is 5.56 Å². The smallest absolute Gasteiger partial charge is 0.305 e. The van der Waals surface area contributed by atoms with Crippen molar-refractivity contribution in [2.24, 2.45) is 0 Å². The number of hydrogen-bond acceptors (Lipinski definition) is 4. The summed E-state index contributed by atoms with van der Waals surface area (Å²) in [6.45, 7) is 4.00. The Hall–Kier alpha value is -2.17. The molecule has 0 saturated heterocycles. The average molecular weight is 276 g/mol. The van der Waals surface area contributed by atoms with Crippen LogP contribution in [0.15, 0.2) is 29.1 Å². The van der Waals surface area contributed by atoms with Crippen LogP contribution in [0.3, 0.4) is 0 Å². The molecule has 2 rings (SSSR count). The molecule has 0 spiro atoms. The third-order valence-electron chi connectivity index (χ3n) is 2.80. The average Bonchev–Trinajstić information content (AvgIpc) is 2.51. The lowest BCUT2D eigenvalue weighted by Gasteiger charge is -2.04. The highest BCUT2D eigenvalue weighted by atomic mass is 16.5. The number of hydrogen-bond donors (Lipinski definition) is 1. The predicted octanol–water partition coefficient (Wildman–Crippen LogP) is 2.45. The van der Waals surface area contributed by atoms with E-state index in [4.69, 9.17) is 0 Å². The Balaban J connectivity index is 0.000000956. The molecule has 0 fully saturated rings. The fourth-order valence-corrected chi connectivity index (χ4v) is 1.86. The van der Waals surface area contributed by atoms with E-state index in [9.17, 15) is 9.59 Å². The van der Waals surface area contributed by atoms with Crippen molar-refractivity contribution >= 4 is 16.7 Å². The molecule has 1 heterocycles. The third kappa shape index (κ3) is 3.91. The second-order valence-corrected chi connectivity index (χ2v) is 3.97. The molecule has 5 nitrogen and oxygen atoms in total. The number of aromatic nitrogens is 2. The van der Waals surface area contributed by atoms with E-state index in [1.165, 1.54) is 7.11 Å². The third-order valence-corrected chi connectivity index (χ3v) is 2.80. The summed E-state index contributed by atoms with van der Waals surface area (Å²) in [5.74, 6) is -0.233. The Morgan fingerprint density at radius 2 is 1.90 bits per heavy atom. The minimum absolute atomic E-state index is 0.192. The number of nitrogens with zero attached hydrogens (tertiary/aromatic N) is 1. The molecule has 0 aliphatic heterocycles. The van der Waals surface area contributed by atoms with E-state index in [1.807, 2.05) is 32.0 Å². The molecule has 108 valence electrons. The zero-order valence-electron chi connectivity index (χ0n) is 12.1. The van der Waals surface area contributed by atoms with E-state index in [0.717, 1.165) is 11.1 Å². The number of H-pyrrole nitrogens is 1. The topological polar surface area (TPSA) is 72.0 Å². The highest BCUT2D eigenvalue weighted by Gasteiger charge is 2.07. The number of rotatable bonds is 4. The van der Waals surface area contributed by atoms with Gasteiger partial charge in [0.1, 0.15) is 0 Å². The number of carbonyl (C=O) groups is 1. The van der Waals surface area contributed by atoms with Gasteiger partial charge in [0.15, 0.2) is 0 Å². The second-order valence-electron chi connectivity index (χ2n) is 3.97. The molecular weight excluding hydrogens is 256 g/mol. The first-order chi connectivity index (χ1) is 9.72. The van der Waals surface area contributed by atoms with E-state index in [0.29, 0.717) is 24.6 Å². The van der Waals surface area contributed by atoms with Gasteiger partial charge in [0.2, 0.25) is 0 Å². The van der Waals surface area contributed by atoms with Gasteiger partial charge in [-0.15, -0.1) is 0 Å². The first-order valence-electron chi connectivity index (χ1n) is 6.75. The van der Waals surface area contributed by atoms with Crippen molar-refractivity contribution in [1.82, 2.24) is 10.2 Å². The first-order valence-corrected chi connectivity index (χ1v) is 6.75. The van der Waals surface area contributed by atoms with Crippen LogP contribution in [0.5, 0.6) is 0 Å². The van der Waals surface area contributed by atoms with Crippen LogP contribution in [0.4, 0.5) is 0 Å². The highest BCUT2D eigenvalue weighted by Crippen LogP contribution is 2.14. The number of ether oxygens (including phenoxy) is 1. The van der Waals surface area contributed by atoms with E-state index >= 15 is 0 Å². The van der Waals surface area contributed by atoms with Gasteiger partial charge in [-0.3, -0.25) is 9.59 Å². The van der Waals surface area contributed by atoms with Gasteiger partial charge in [-0.25, -0.2) is 5.10 Å². The van der Waals surface area contributed by atoms with Crippen LogP contribution in [0.2, 0.25) is 0 Å². The Morgan fingerprint density at radius 3 is 2.55 bits per heavy atom. The van der Waals surface area contributed by atoms with Crippen LogP contribution in [-0.2, 0) is 16.0 Å². The lowest BCUT2D eigenvalue weighted by Crippen LogP contribution is -2.11. The lowest BCUT2D eigenvalue weighted by molar-refractivity contribution is -0.140. The molecule has 0 amide bonds. The molecular formula is C15H20N2O3. The van der Waals surface area contributed by atoms with Crippen molar-refractivity contribution in [2.45, 2.75) is 33.1 Å². The Morgan fingerprint density at radius 1 is 1.25 bits per heavy atom. The van der Waals surface area contributed by atoms with E-state index in [-0.39, 0.29) is 11.5 Å². The summed E-state index contributed by atoms with van der Waals surface area (Å²) in [5, 5.41) is 7.98. The number of carbonyl (C=O) groups excluding carboxylic acids is 1. The number of methoxy groups -OCH3 is 1. The van der Waals surface area contributed by atoms with E-state index in [1.54, 1.807) is 6.07 Å². The molecule has 0 saturated carbocycles. The number of esters is 1. The van der Waals surface area contributed by atoms with Crippen LogP contribution in [-0.4, -0.2) is 23.3 Å². The molecule has 0 aliphatic carbocycles. The summed E-state index contributed by atoms with van der Waals surface area (Å²) in [5.41, 5.74) is 0.608. The zero-order chi connectivity index (χ0) is 15.0. The van der Waals surface area contributed by atoms with Gasteiger partial charge in [0, 0.05) is 11.8 Å². The van der Waals surface area contributed by atoms with Crippen molar-refractivity contribution < 1.29 is 9.53 Å². The standard InChI is InChI=1S/C13H14N2O3.C2H6/c1-18-12(16)8-4-7-11-9-5-2-3-6-10(9)13(17)15-14-11;1-2/h2-3,5-6H,4,7-8H2,1H3,(H,15,17);1-2H3. The number of benzene rings is 1. The fourth-order valence-electron chi connectivity index (χ4n) is 1.86. The minimum Gasteiger partial charge on any atom is -0.469 e. The molecule has 5 heteroatoms. The molecule has 2 aromatic rings.